The van der Waals surface area contributed by atoms with E-state index in [-0.39, 0.29) is 30.0 Å². The highest BCUT2D eigenvalue weighted by Crippen LogP contribution is 2.13. The van der Waals surface area contributed by atoms with E-state index in [9.17, 15) is 18.4 Å². The van der Waals surface area contributed by atoms with Gasteiger partial charge in [-0.1, -0.05) is 18.2 Å². The summed E-state index contributed by atoms with van der Waals surface area (Å²) in [6.45, 7) is 1.21. The fraction of sp³-hybridized carbons (Fsp3) is 0.263. The lowest BCUT2D eigenvalue weighted by Gasteiger charge is -2.27. The number of urea groups is 1. The number of hydrogen-bond acceptors (Lipinski definition) is 2. The van der Waals surface area contributed by atoms with Crippen LogP contribution in [0.15, 0.2) is 48.5 Å². The van der Waals surface area contributed by atoms with Crippen LogP contribution in [0.2, 0.25) is 0 Å². The molecule has 0 bridgehead atoms. The molecule has 2 N–H and O–H groups in total. The molecule has 0 aromatic heterocycles. The molecule has 1 fully saturated rings. The van der Waals surface area contributed by atoms with E-state index in [0.29, 0.717) is 19.5 Å². The summed E-state index contributed by atoms with van der Waals surface area (Å²) in [6.07, 6.45) is 0.397. The molecule has 0 aliphatic carbocycles. The van der Waals surface area contributed by atoms with Crippen LogP contribution in [0.1, 0.15) is 15.9 Å². The first-order chi connectivity index (χ1) is 12.5. The highest BCUT2D eigenvalue weighted by molar-refractivity contribution is 5.94. The van der Waals surface area contributed by atoms with Gasteiger partial charge in [-0.15, -0.1) is 0 Å². The monoisotopic (exact) mass is 359 g/mol. The highest BCUT2D eigenvalue weighted by Gasteiger charge is 2.28. The number of benzene rings is 2. The van der Waals surface area contributed by atoms with Crippen molar-refractivity contribution in [1.82, 2.24) is 15.5 Å². The second-order valence-corrected chi connectivity index (χ2v) is 6.13. The molecule has 136 valence electrons. The van der Waals surface area contributed by atoms with Gasteiger partial charge in [-0.3, -0.25) is 4.79 Å². The third-order valence-electron chi connectivity index (χ3n) is 4.28. The van der Waals surface area contributed by atoms with Crippen molar-refractivity contribution in [2.45, 2.75) is 12.5 Å². The van der Waals surface area contributed by atoms with Gasteiger partial charge in [0.25, 0.3) is 5.91 Å². The SMILES string of the molecule is O=C(NCC(Cc1cccc(F)c1)N1CCNC1=O)c1cccc(F)c1. The van der Waals surface area contributed by atoms with Gasteiger partial charge in [-0.25, -0.2) is 13.6 Å². The molecular formula is C19H19F2N3O2. The molecule has 0 radical (unpaired) electrons. The Kier molecular flexibility index (Phi) is 5.46. The largest absolute Gasteiger partial charge is 0.350 e. The van der Waals surface area contributed by atoms with E-state index in [4.69, 9.17) is 0 Å². The molecule has 3 amide bonds. The van der Waals surface area contributed by atoms with Crippen molar-refractivity contribution in [3.8, 4) is 0 Å². The zero-order chi connectivity index (χ0) is 18.5. The van der Waals surface area contributed by atoms with Gasteiger partial charge in [0.1, 0.15) is 11.6 Å². The fourth-order valence-electron chi connectivity index (χ4n) is 3.01. The van der Waals surface area contributed by atoms with Crippen molar-refractivity contribution in [3.63, 3.8) is 0 Å². The molecule has 1 aliphatic rings. The number of nitrogens with one attached hydrogen (secondary N) is 2. The maximum Gasteiger partial charge on any atom is 0.317 e. The van der Waals surface area contributed by atoms with Crippen LogP contribution < -0.4 is 10.6 Å². The van der Waals surface area contributed by atoms with Gasteiger partial charge >= 0.3 is 6.03 Å². The van der Waals surface area contributed by atoms with E-state index >= 15 is 0 Å². The maximum atomic E-state index is 13.4. The number of rotatable bonds is 6. The van der Waals surface area contributed by atoms with Crippen LogP contribution >= 0.6 is 0 Å². The van der Waals surface area contributed by atoms with Crippen molar-refractivity contribution in [3.05, 3.63) is 71.3 Å². The smallest absolute Gasteiger partial charge is 0.317 e. The van der Waals surface area contributed by atoms with Crippen LogP contribution in [0.25, 0.3) is 0 Å². The van der Waals surface area contributed by atoms with E-state index in [1.807, 2.05) is 0 Å². The number of carbonyl (C=O) groups excluding carboxylic acids is 2. The van der Waals surface area contributed by atoms with Crippen LogP contribution in [0.4, 0.5) is 13.6 Å². The molecule has 1 aliphatic heterocycles. The number of amides is 3. The van der Waals surface area contributed by atoms with Crippen molar-refractivity contribution in [2.75, 3.05) is 19.6 Å². The molecule has 3 rings (SSSR count). The summed E-state index contributed by atoms with van der Waals surface area (Å²) in [7, 11) is 0. The Bertz CT molecular complexity index is 813. The van der Waals surface area contributed by atoms with Crippen LogP contribution in [-0.4, -0.2) is 42.5 Å². The number of nitrogens with zero attached hydrogens (tertiary/aromatic N) is 1. The average Bonchev–Trinajstić information content (AvgIpc) is 3.04. The summed E-state index contributed by atoms with van der Waals surface area (Å²) in [4.78, 5) is 25.9. The molecular weight excluding hydrogens is 340 g/mol. The predicted molar refractivity (Wildman–Crippen MR) is 92.7 cm³/mol. The minimum atomic E-state index is -0.493. The van der Waals surface area contributed by atoms with Gasteiger partial charge in [0, 0.05) is 25.2 Å². The summed E-state index contributed by atoms with van der Waals surface area (Å²) < 4.78 is 26.7. The Morgan fingerprint density at radius 3 is 2.54 bits per heavy atom. The first-order valence-electron chi connectivity index (χ1n) is 8.35. The molecule has 2 aromatic rings. The lowest BCUT2D eigenvalue weighted by Crippen LogP contribution is -2.46. The van der Waals surface area contributed by atoms with E-state index in [2.05, 4.69) is 10.6 Å². The van der Waals surface area contributed by atoms with Crippen molar-refractivity contribution >= 4 is 11.9 Å². The van der Waals surface area contributed by atoms with Gasteiger partial charge in [0.2, 0.25) is 0 Å². The van der Waals surface area contributed by atoms with Crippen molar-refractivity contribution < 1.29 is 18.4 Å². The van der Waals surface area contributed by atoms with Crippen molar-refractivity contribution in [2.24, 2.45) is 0 Å². The number of hydrogen-bond donors (Lipinski definition) is 2. The molecule has 1 heterocycles. The molecule has 5 nitrogen and oxygen atoms in total. The first kappa shape index (κ1) is 17.8. The van der Waals surface area contributed by atoms with E-state index < -0.39 is 11.7 Å². The van der Waals surface area contributed by atoms with Gasteiger partial charge < -0.3 is 15.5 Å². The Labute approximate surface area is 150 Å². The van der Waals surface area contributed by atoms with Crippen molar-refractivity contribution in [1.29, 1.82) is 0 Å². The molecule has 2 aromatic carbocycles. The maximum absolute atomic E-state index is 13.4. The van der Waals surface area contributed by atoms with Gasteiger partial charge in [0.05, 0.1) is 6.04 Å². The standard InChI is InChI=1S/C19H19F2N3O2/c20-15-5-1-3-13(9-15)10-17(24-8-7-22-19(24)26)12-23-18(25)14-4-2-6-16(21)11-14/h1-6,9,11,17H,7-8,10,12H2,(H,22,26)(H,23,25). The molecule has 0 spiro atoms. The molecule has 1 saturated heterocycles. The minimum absolute atomic E-state index is 0.180. The van der Waals surface area contributed by atoms with Crippen LogP contribution in [0.3, 0.4) is 0 Å². The quantitative estimate of drug-likeness (QED) is 0.832. The Morgan fingerprint density at radius 2 is 1.88 bits per heavy atom. The lowest BCUT2D eigenvalue weighted by molar-refractivity contribution is 0.0939. The molecule has 1 atom stereocenters. The zero-order valence-corrected chi connectivity index (χ0v) is 14.0. The second kappa shape index (κ2) is 7.95. The Balaban J connectivity index is 1.71. The molecule has 26 heavy (non-hydrogen) atoms. The third kappa shape index (κ3) is 4.36. The number of carbonyl (C=O) groups is 2. The van der Waals surface area contributed by atoms with Crippen LogP contribution in [0, 0.1) is 11.6 Å². The fourth-order valence-corrected chi connectivity index (χ4v) is 3.01. The summed E-state index contributed by atoms with van der Waals surface area (Å²) in [5.41, 5.74) is 0.940. The minimum Gasteiger partial charge on any atom is -0.350 e. The van der Waals surface area contributed by atoms with Crippen LogP contribution in [0.5, 0.6) is 0 Å². The summed E-state index contributed by atoms with van der Waals surface area (Å²) in [5.74, 6) is -1.27. The van der Waals surface area contributed by atoms with Gasteiger partial charge in [-0.05, 0) is 42.3 Å². The summed E-state index contributed by atoms with van der Waals surface area (Å²) >= 11 is 0. The van der Waals surface area contributed by atoms with Crippen LogP contribution in [-0.2, 0) is 6.42 Å². The second-order valence-electron chi connectivity index (χ2n) is 6.13. The normalized spacial score (nSPS) is 14.8. The third-order valence-corrected chi connectivity index (χ3v) is 4.28. The van der Waals surface area contributed by atoms with E-state index in [1.165, 1.54) is 30.3 Å². The Morgan fingerprint density at radius 1 is 1.15 bits per heavy atom. The lowest BCUT2D eigenvalue weighted by atomic mass is 10.0. The van der Waals surface area contributed by atoms with E-state index in [0.717, 1.165) is 11.6 Å². The first-order valence-corrected chi connectivity index (χ1v) is 8.35. The topological polar surface area (TPSA) is 61.4 Å². The Hall–Kier alpha value is -2.96. The highest BCUT2D eigenvalue weighted by atomic mass is 19.1. The molecule has 1 unspecified atom stereocenters. The van der Waals surface area contributed by atoms with E-state index in [1.54, 1.807) is 17.0 Å². The molecule has 0 saturated carbocycles. The molecule has 7 heteroatoms. The predicted octanol–water partition coefficient (Wildman–Crippen LogP) is 2.33. The average molecular weight is 359 g/mol. The summed E-state index contributed by atoms with van der Waals surface area (Å²) in [5, 5.41) is 5.46. The summed E-state index contributed by atoms with van der Waals surface area (Å²) in [6, 6.07) is 11.0. The zero-order valence-electron chi connectivity index (χ0n) is 14.0. The number of halogens is 2. The van der Waals surface area contributed by atoms with Gasteiger partial charge in [-0.2, -0.15) is 0 Å². The van der Waals surface area contributed by atoms with Gasteiger partial charge in [0.15, 0.2) is 0 Å².